The SMILES string of the molecule is CC[C@H](Nc1nnnn1-c1ccccc1)C(=O)Nc1nc(C)cs1. The molecule has 0 saturated heterocycles. The van der Waals surface area contributed by atoms with Gasteiger partial charge in [0.1, 0.15) is 6.04 Å². The van der Waals surface area contributed by atoms with Crippen molar-refractivity contribution in [1.82, 2.24) is 25.2 Å². The molecule has 0 radical (unpaired) electrons. The molecule has 9 heteroatoms. The Bertz CT molecular complexity index is 814. The van der Waals surface area contributed by atoms with E-state index in [4.69, 9.17) is 0 Å². The molecule has 0 fully saturated rings. The predicted octanol–water partition coefficient (Wildman–Crippen LogP) is 2.26. The fourth-order valence-corrected chi connectivity index (χ4v) is 2.82. The number of nitrogens with one attached hydrogen (secondary N) is 2. The van der Waals surface area contributed by atoms with Crippen LogP contribution >= 0.6 is 11.3 Å². The maximum atomic E-state index is 12.4. The molecule has 124 valence electrons. The van der Waals surface area contributed by atoms with Crippen LogP contribution in [0.3, 0.4) is 0 Å². The topological polar surface area (TPSA) is 97.6 Å². The Hall–Kier alpha value is -2.81. The van der Waals surface area contributed by atoms with Crippen molar-refractivity contribution in [3.63, 3.8) is 0 Å². The molecule has 2 N–H and O–H groups in total. The lowest BCUT2D eigenvalue weighted by Crippen LogP contribution is -2.35. The predicted molar refractivity (Wildman–Crippen MR) is 92.3 cm³/mol. The highest BCUT2D eigenvalue weighted by Gasteiger charge is 2.20. The van der Waals surface area contributed by atoms with E-state index in [1.807, 2.05) is 49.6 Å². The van der Waals surface area contributed by atoms with Crippen molar-refractivity contribution >= 4 is 28.3 Å². The van der Waals surface area contributed by atoms with Crippen molar-refractivity contribution in [2.24, 2.45) is 0 Å². The highest BCUT2D eigenvalue weighted by Crippen LogP contribution is 2.16. The van der Waals surface area contributed by atoms with Crippen molar-refractivity contribution in [3.05, 3.63) is 41.4 Å². The molecule has 0 aliphatic rings. The number of carbonyl (C=O) groups excluding carboxylic acids is 1. The minimum Gasteiger partial charge on any atom is -0.341 e. The van der Waals surface area contributed by atoms with E-state index < -0.39 is 6.04 Å². The summed E-state index contributed by atoms with van der Waals surface area (Å²) in [5.74, 6) is 0.244. The van der Waals surface area contributed by atoms with Crippen LogP contribution in [0.2, 0.25) is 0 Å². The molecule has 1 atom stereocenters. The number of thiazole rings is 1. The summed E-state index contributed by atoms with van der Waals surface area (Å²) in [7, 11) is 0. The van der Waals surface area contributed by atoms with Crippen LogP contribution in [0, 0.1) is 6.92 Å². The Balaban J connectivity index is 1.74. The Morgan fingerprint density at radius 3 is 2.79 bits per heavy atom. The maximum absolute atomic E-state index is 12.4. The van der Waals surface area contributed by atoms with Gasteiger partial charge in [-0.1, -0.05) is 30.2 Å². The van der Waals surface area contributed by atoms with E-state index in [9.17, 15) is 4.79 Å². The summed E-state index contributed by atoms with van der Waals surface area (Å²) in [6, 6.07) is 9.02. The number of aromatic nitrogens is 5. The van der Waals surface area contributed by atoms with E-state index in [1.54, 1.807) is 4.68 Å². The smallest absolute Gasteiger partial charge is 0.248 e. The zero-order chi connectivity index (χ0) is 16.9. The molecule has 2 aromatic heterocycles. The zero-order valence-corrected chi connectivity index (χ0v) is 14.1. The fourth-order valence-electron chi connectivity index (χ4n) is 2.13. The molecule has 24 heavy (non-hydrogen) atoms. The first kappa shape index (κ1) is 16.1. The molecule has 3 rings (SSSR count). The first-order valence-electron chi connectivity index (χ1n) is 7.50. The van der Waals surface area contributed by atoms with Crippen molar-refractivity contribution in [3.8, 4) is 5.69 Å². The lowest BCUT2D eigenvalue weighted by atomic mass is 10.2. The van der Waals surface area contributed by atoms with Crippen LogP contribution < -0.4 is 10.6 Å². The molecule has 3 aromatic rings. The molecule has 0 saturated carbocycles. The monoisotopic (exact) mass is 343 g/mol. The summed E-state index contributed by atoms with van der Waals surface area (Å²) < 4.78 is 1.56. The van der Waals surface area contributed by atoms with Crippen LogP contribution in [-0.4, -0.2) is 37.1 Å². The molecule has 0 aliphatic carbocycles. The minimum atomic E-state index is -0.470. The van der Waals surface area contributed by atoms with Crippen LogP contribution in [0.25, 0.3) is 5.69 Å². The van der Waals surface area contributed by atoms with Crippen LogP contribution in [0.1, 0.15) is 19.0 Å². The number of nitrogens with zero attached hydrogens (tertiary/aromatic N) is 5. The number of carbonyl (C=O) groups is 1. The van der Waals surface area contributed by atoms with Gasteiger partial charge >= 0.3 is 0 Å². The number of benzene rings is 1. The number of amides is 1. The van der Waals surface area contributed by atoms with Crippen molar-refractivity contribution in [2.45, 2.75) is 26.3 Å². The van der Waals surface area contributed by atoms with Gasteiger partial charge in [0.25, 0.3) is 0 Å². The van der Waals surface area contributed by atoms with E-state index in [0.29, 0.717) is 17.5 Å². The number of anilines is 2. The highest BCUT2D eigenvalue weighted by atomic mass is 32.1. The van der Waals surface area contributed by atoms with Crippen molar-refractivity contribution in [1.29, 1.82) is 0 Å². The standard InChI is InChI=1S/C15H17N7OS/c1-3-12(13(23)18-15-16-10(2)9-24-15)17-14-19-20-21-22(14)11-7-5-4-6-8-11/h4-9,12H,3H2,1-2H3,(H,16,18,23)(H,17,19,21)/t12-/m0/s1. The number of tetrazole rings is 1. The van der Waals surface area contributed by atoms with Crippen LogP contribution in [0.15, 0.2) is 35.7 Å². The van der Waals surface area contributed by atoms with E-state index in [-0.39, 0.29) is 5.91 Å². The number of para-hydroxylation sites is 1. The second-order valence-corrected chi connectivity index (χ2v) is 6.00. The number of hydrogen-bond donors (Lipinski definition) is 2. The zero-order valence-electron chi connectivity index (χ0n) is 13.3. The summed E-state index contributed by atoms with van der Waals surface area (Å²) in [6.07, 6.45) is 0.581. The normalized spacial score (nSPS) is 11.9. The second kappa shape index (κ2) is 7.18. The summed E-state index contributed by atoms with van der Waals surface area (Å²) in [6.45, 7) is 3.80. The average molecular weight is 343 g/mol. The summed E-state index contributed by atoms with van der Waals surface area (Å²) >= 11 is 1.40. The number of rotatable bonds is 6. The Labute approximate surface area is 142 Å². The van der Waals surface area contributed by atoms with Crippen LogP contribution in [0.4, 0.5) is 11.1 Å². The van der Waals surface area contributed by atoms with Crippen molar-refractivity contribution < 1.29 is 4.79 Å². The molecule has 1 aromatic carbocycles. The van der Waals surface area contributed by atoms with E-state index >= 15 is 0 Å². The number of hydrogen-bond acceptors (Lipinski definition) is 7. The highest BCUT2D eigenvalue weighted by molar-refractivity contribution is 7.13. The van der Waals surface area contributed by atoms with E-state index in [0.717, 1.165) is 11.4 Å². The third kappa shape index (κ3) is 3.57. The largest absolute Gasteiger partial charge is 0.341 e. The van der Waals surface area contributed by atoms with Gasteiger partial charge in [0, 0.05) is 5.38 Å². The minimum absolute atomic E-state index is 0.172. The molecular weight excluding hydrogens is 326 g/mol. The van der Waals surface area contributed by atoms with Gasteiger partial charge < -0.3 is 10.6 Å². The molecule has 1 amide bonds. The van der Waals surface area contributed by atoms with Gasteiger partial charge in [-0.25, -0.2) is 4.98 Å². The van der Waals surface area contributed by atoms with Gasteiger partial charge in [0.2, 0.25) is 11.9 Å². The van der Waals surface area contributed by atoms with Gasteiger partial charge in [0.15, 0.2) is 5.13 Å². The van der Waals surface area contributed by atoms with Gasteiger partial charge in [-0.3, -0.25) is 4.79 Å². The Morgan fingerprint density at radius 1 is 1.33 bits per heavy atom. The van der Waals surface area contributed by atoms with Gasteiger partial charge in [-0.05, 0) is 35.9 Å². The summed E-state index contributed by atoms with van der Waals surface area (Å²) in [5.41, 5.74) is 1.69. The fraction of sp³-hybridized carbons (Fsp3) is 0.267. The third-order valence-corrected chi connectivity index (χ3v) is 4.22. The number of aryl methyl sites for hydroxylation is 1. The quantitative estimate of drug-likeness (QED) is 0.712. The Morgan fingerprint density at radius 2 is 2.12 bits per heavy atom. The van der Waals surface area contributed by atoms with Gasteiger partial charge in [0.05, 0.1) is 11.4 Å². The van der Waals surface area contributed by atoms with Crippen molar-refractivity contribution in [2.75, 3.05) is 10.6 Å². The van der Waals surface area contributed by atoms with E-state index in [1.165, 1.54) is 11.3 Å². The molecule has 8 nitrogen and oxygen atoms in total. The average Bonchev–Trinajstić information content (AvgIpc) is 3.22. The molecular formula is C15H17N7OS. The van der Waals surface area contributed by atoms with Gasteiger partial charge in [-0.15, -0.1) is 11.3 Å². The molecule has 0 spiro atoms. The molecule has 0 bridgehead atoms. The third-order valence-electron chi connectivity index (χ3n) is 3.35. The lowest BCUT2D eigenvalue weighted by Gasteiger charge is -2.16. The summed E-state index contributed by atoms with van der Waals surface area (Å²) in [5, 5.41) is 20.0. The van der Waals surface area contributed by atoms with E-state index in [2.05, 4.69) is 31.1 Å². The molecule has 0 aliphatic heterocycles. The Kier molecular flexibility index (Phi) is 4.80. The first-order valence-corrected chi connectivity index (χ1v) is 8.38. The first-order chi connectivity index (χ1) is 11.7. The lowest BCUT2D eigenvalue weighted by molar-refractivity contribution is -0.117. The summed E-state index contributed by atoms with van der Waals surface area (Å²) in [4.78, 5) is 16.7. The van der Waals surface area contributed by atoms with Gasteiger partial charge in [-0.2, -0.15) is 4.68 Å². The second-order valence-electron chi connectivity index (χ2n) is 5.14. The maximum Gasteiger partial charge on any atom is 0.248 e. The van der Waals surface area contributed by atoms with Crippen LogP contribution in [-0.2, 0) is 4.79 Å². The molecule has 2 heterocycles. The molecule has 0 unspecified atom stereocenters. The van der Waals surface area contributed by atoms with Crippen LogP contribution in [0.5, 0.6) is 0 Å².